The molecule has 1 unspecified atom stereocenters. The highest BCUT2D eigenvalue weighted by Crippen LogP contribution is 2.23. The molecule has 0 saturated carbocycles. The molecule has 98 valence electrons. The van der Waals surface area contributed by atoms with Crippen LogP contribution in [0.15, 0.2) is 17.9 Å². The SMILES string of the molecule is CCNC(Cc1cncs1)c1cn(C)nc1CC. The molecule has 0 aliphatic heterocycles. The van der Waals surface area contributed by atoms with Gasteiger partial charge in [-0.1, -0.05) is 13.8 Å². The molecule has 0 aliphatic rings. The van der Waals surface area contributed by atoms with Gasteiger partial charge in [-0.3, -0.25) is 9.67 Å². The Hall–Kier alpha value is -1.20. The number of aryl methyl sites for hydroxylation is 2. The highest BCUT2D eigenvalue weighted by atomic mass is 32.1. The molecular formula is C13H20N4S. The van der Waals surface area contributed by atoms with Gasteiger partial charge in [-0.25, -0.2) is 0 Å². The van der Waals surface area contributed by atoms with Gasteiger partial charge in [0.1, 0.15) is 0 Å². The lowest BCUT2D eigenvalue weighted by Gasteiger charge is -2.16. The number of rotatable bonds is 6. The Morgan fingerprint density at radius 2 is 2.28 bits per heavy atom. The molecule has 2 heterocycles. The third-order valence-corrected chi connectivity index (χ3v) is 3.79. The minimum absolute atomic E-state index is 0.332. The maximum Gasteiger partial charge on any atom is 0.0794 e. The van der Waals surface area contributed by atoms with Crippen LogP contribution in [0.1, 0.15) is 36.0 Å². The van der Waals surface area contributed by atoms with Crippen molar-refractivity contribution in [2.24, 2.45) is 7.05 Å². The Bertz CT molecular complexity index is 475. The van der Waals surface area contributed by atoms with Crippen LogP contribution in [-0.2, 0) is 19.9 Å². The Morgan fingerprint density at radius 1 is 1.44 bits per heavy atom. The van der Waals surface area contributed by atoms with Crippen molar-refractivity contribution in [2.75, 3.05) is 6.54 Å². The largest absolute Gasteiger partial charge is 0.310 e. The second-order valence-corrected chi connectivity index (χ2v) is 5.31. The maximum atomic E-state index is 4.53. The molecule has 0 aliphatic carbocycles. The smallest absolute Gasteiger partial charge is 0.0794 e. The summed E-state index contributed by atoms with van der Waals surface area (Å²) in [5.41, 5.74) is 4.39. The molecule has 5 heteroatoms. The normalized spacial score (nSPS) is 12.8. The van der Waals surface area contributed by atoms with Gasteiger partial charge in [-0.15, -0.1) is 11.3 Å². The van der Waals surface area contributed by atoms with Crippen molar-refractivity contribution in [1.82, 2.24) is 20.1 Å². The predicted molar refractivity (Wildman–Crippen MR) is 74.8 cm³/mol. The van der Waals surface area contributed by atoms with Gasteiger partial charge in [0.05, 0.1) is 11.2 Å². The zero-order chi connectivity index (χ0) is 13.0. The number of nitrogens with zero attached hydrogens (tertiary/aromatic N) is 3. The fourth-order valence-corrected chi connectivity index (χ4v) is 2.84. The summed E-state index contributed by atoms with van der Waals surface area (Å²) in [4.78, 5) is 5.46. The van der Waals surface area contributed by atoms with Crippen LogP contribution in [0.2, 0.25) is 0 Å². The van der Waals surface area contributed by atoms with Crippen molar-refractivity contribution >= 4 is 11.3 Å². The molecule has 18 heavy (non-hydrogen) atoms. The lowest BCUT2D eigenvalue weighted by molar-refractivity contribution is 0.548. The van der Waals surface area contributed by atoms with E-state index in [1.165, 1.54) is 16.1 Å². The maximum absolute atomic E-state index is 4.53. The molecule has 2 aromatic heterocycles. The molecular weight excluding hydrogens is 244 g/mol. The van der Waals surface area contributed by atoms with Crippen LogP contribution in [0, 0.1) is 0 Å². The summed E-state index contributed by atoms with van der Waals surface area (Å²) in [5, 5.41) is 8.08. The third kappa shape index (κ3) is 2.97. The Labute approximate surface area is 112 Å². The number of hydrogen-bond acceptors (Lipinski definition) is 4. The summed E-state index contributed by atoms with van der Waals surface area (Å²) in [5.74, 6) is 0. The minimum atomic E-state index is 0.332. The van der Waals surface area contributed by atoms with Crippen LogP contribution in [0.25, 0.3) is 0 Å². The molecule has 0 spiro atoms. The summed E-state index contributed by atoms with van der Waals surface area (Å²) in [6.45, 7) is 5.25. The highest BCUT2D eigenvalue weighted by molar-refractivity contribution is 7.09. The summed E-state index contributed by atoms with van der Waals surface area (Å²) < 4.78 is 1.91. The lowest BCUT2D eigenvalue weighted by Crippen LogP contribution is -2.23. The van der Waals surface area contributed by atoms with E-state index in [9.17, 15) is 0 Å². The Morgan fingerprint density at radius 3 is 2.89 bits per heavy atom. The predicted octanol–water partition coefficient (Wildman–Crippen LogP) is 2.33. The summed E-state index contributed by atoms with van der Waals surface area (Å²) in [7, 11) is 1.98. The van der Waals surface area contributed by atoms with E-state index in [4.69, 9.17) is 0 Å². The Balaban J connectivity index is 2.22. The van der Waals surface area contributed by atoms with E-state index >= 15 is 0 Å². The lowest BCUT2D eigenvalue weighted by atomic mass is 10.0. The van der Waals surface area contributed by atoms with Gasteiger partial charge in [-0.2, -0.15) is 5.10 Å². The van der Waals surface area contributed by atoms with Gasteiger partial charge in [-0.05, 0) is 13.0 Å². The topological polar surface area (TPSA) is 42.7 Å². The van der Waals surface area contributed by atoms with Crippen LogP contribution >= 0.6 is 11.3 Å². The highest BCUT2D eigenvalue weighted by Gasteiger charge is 2.17. The van der Waals surface area contributed by atoms with Gasteiger partial charge >= 0.3 is 0 Å². The van der Waals surface area contributed by atoms with E-state index in [2.05, 4.69) is 35.4 Å². The molecule has 2 aromatic rings. The number of hydrogen-bond donors (Lipinski definition) is 1. The molecule has 0 fully saturated rings. The molecule has 2 rings (SSSR count). The van der Waals surface area contributed by atoms with Crippen LogP contribution < -0.4 is 5.32 Å². The molecule has 0 bridgehead atoms. The van der Waals surface area contributed by atoms with E-state index in [0.29, 0.717) is 6.04 Å². The average molecular weight is 264 g/mol. The first-order valence-corrected chi connectivity index (χ1v) is 7.25. The van der Waals surface area contributed by atoms with Crippen LogP contribution in [0.4, 0.5) is 0 Å². The molecule has 0 saturated heterocycles. The minimum Gasteiger partial charge on any atom is -0.310 e. The van der Waals surface area contributed by atoms with E-state index in [-0.39, 0.29) is 0 Å². The second kappa shape index (κ2) is 6.11. The number of aromatic nitrogens is 3. The first kappa shape index (κ1) is 13.2. The first-order chi connectivity index (χ1) is 8.74. The van der Waals surface area contributed by atoms with Gasteiger partial charge in [0.15, 0.2) is 0 Å². The molecule has 4 nitrogen and oxygen atoms in total. The monoisotopic (exact) mass is 264 g/mol. The summed E-state index contributed by atoms with van der Waals surface area (Å²) >= 11 is 1.71. The van der Waals surface area contributed by atoms with Crippen molar-refractivity contribution in [3.8, 4) is 0 Å². The van der Waals surface area contributed by atoms with E-state index in [1.807, 2.05) is 23.4 Å². The van der Waals surface area contributed by atoms with Crippen molar-refractivity contribution in [3.05, 3.63) is 34.0 Å². The van der Waals surface area contributed by atoms with Crippen molar-refractivity contribution in [2.45, 2.75) is 32.7 Å². The molecule has 1 N–H and O–H groups in total. The Kier molecular flexibility index (Phi) is 4.49. The second-order valence-electron chi connectivity index (χ2n) is 4.34. The van der Waals surface area contributed by atoms with Gasteiger partial charge < -0.3 is 5.32 Å². The van der Waals surface area contributed by atoms with Crippen molar-refractivity contribution in [1.29, 1.82) is 0 Å². The number of nitrogens with one attached hydrogen (secondary N) is 1. The van der Waals surface area contributed by atoms with Gasteiger partial charge in [0, 0.05) is 42.3 Å². The van der Waals surface area contributed by atoms with Crippen molar-refractivity contribution in [3.63, 3.8) is 0 Å². The zero-order valence-electron chi connectivity index (χ0n) is 11.2. The van der Waals surface area contributed by atoms with Crippen LogP contribution in [0.3, 0.4) is 0 Å². The molecule has 0 aromatic carbocycles. The zero-order valence-corrected chi connectivity index (χ0v) is 12.0. The standard InChI is InChI=1S/C13H20N4S/c1-4-12-11(8-17(3)16-12)13(15-5-2)6-10-7-14-9-18-10/h7-9,13,15H,4-6H2,1-3H3. The number of likely N-dealkylation sites (N-methyl/N-ethyl adjacent to an activating group) is 1. The molecule has 1 atom stereocenters. The van der Waals surface area contributed by atoms with Crippen LogP contribution in [0.5, 0.6) is 0 Å². The van der Waals surface area contributed by atoms with Crippen molar-refractivity contribution < 1.29 is 0 Å². The molecule has 0 amide bonds. The van der Waals surface area contributed by atoms with Gasteiger partial charge in [0.2, 0.25) is 0 Å². The quantitative estimate of drug-likeness (QED) is 0.871. The van der Waals surface area contributed by atoms with E-state index in [0.717, 1.165) is 19.4 Å². The molecule has 0 radical (unpaired) electrons. The third-order valence-electron chi connectivity index (χ3n) is 2.99. The van der Waals surface area contributed by atoms with Gasteiger partial charge in [0.25, 0.3) is 0 Å². The average Bonchev–Trinajstić information content (AvgIpc) is 2.97. The summed E-state index contributed by atoms with van der Waals surface area (Å²) in [6.07, 6.45) is 6.04. The summed E-state index contributed by atoms with van der Waals surface area (Å²) in [6, 6.07) is 0.332. The first-order valence-electron chi connectivity index (χ1n) is 6.37. The number of thiazole rings is 1. The fourth-order valence-electron chi connectivity index (χ4n) is 2.20. The van der Waals surface area contributed by atoms with E-state index < -0.39 is 0 Å². The van der Waals surface area contributed by atoms with E-state index in [1.54, 1.807) is 11.3 Å². The van der Waals surface area contributed by atoms with Crippen LogP contribution in [-0.4, -0.2) is 21.3 Å². The fraction of sp³-hybridized carbons (Fsp3) is 0.538.